The van der Waals surface area contributed by atoms with Crippen molar-refractivity contribution in [1.82, 2.24) is 4.40 Å². The standard InChI is InChI=1S/C15H16N4O2/c1-2-21-15(20)14-12(8-17-18-16)7-13-6-5-11(9-19(13)14)10-3-4-10/h5-7,9-10H,2-4,8H2,1H3. The second-order valence-corrected chi connectivity index (χ2v) is 5.16. The van der Waals surface area contributed by atoms with Crippen LogP contribution >= 0.6 is 0 Å². The van der Waals surface area contributed by atoms with E-state index in [4.69, 9.17) is 10.3 Å². The largest absolute Gasteiger partial charge is 0.461 e. The van der Waals surface area contributed by atoms with Gasteiger partial charge in [-0.25, -0.2) is 4.79 Å². The Bertz CT molecular complexity index is 739. The molecule has 1 saturated carbocycles. The van der Waals surface area contributed by atoms with E-state index in [1.54, 1.807) is 6.92 Å². The first-order valence-electron chi connectivity index (χ1n) is 7.06. The molecule has 6 heteroatoms. The highest BCUT2D eigenvalue weighted by Gasteiger charge is 2.25. The molecule has 0 aliphatic heterocycles. The molecular weight excluding hydrogens is 268 g/mol. The van der Waals surface area contributed by atoms with Gasteiger partial charge in [-0.1, -0.05) is 11.2 Å². The molecule has 21 heavy (non-hydrogen) atoms. The van der Waals surface area contributed by atoms with Crippen LogP contribution in [0.5, 0.6) is 0 Å². The molecule has 0 spiro atoms. The van der Waals surface area contributed by atoms with Gasteiger partial charge in [-0.05, 0) is 54.5 Å². The Morgan fingerprint density at radius 2 is 2.33 bits per heavy atom. The zero-order chi connectivity index (χ0) is 14.8. The lowest BCUT2D eigenvalue weighted by Gasteiger charge is -2.06. The molecule has 1 fully saturated rings. The van der Waals surface area contributed by atoms with Gasteiger partial charge >= 0.3 is 5.97 Å². The van der Waals surface area contributed by atoms with Crippen LogP contribution in [0.2, 0.25) is 0 Å². The van der Waals surface area contributed by atoms with Crippen molar-refractivity contribution in [3.05, 3.63) is 51.7 Å². The smallest absolute Gasteiger partial charge is 0.355 e. The molecule has 0 saturated heterocycles. The van der Waals surface area contributed by atoms with Crippen LogP contribution in [0.15, 0.2) is 29.5 Å². The quantitative estimate of drug-likeness (QED) is 0.362. The van der Waals surface area contributed by atoms with Gasteiger partial charge < -0.3 is 9.14 Å². The summed E-state index contributed by atoms with van der Waals surface area (Å²) in [5.41, 5.74) is 11.8. The molecule has 0 atom stereocenters. The van der Waals surface area contributed by atoms with E-state index >= 15 is 0 Å². The minimum absolute atomic E-state index is 0.144. The lowest BCUT2D eigenvalue weighted by Crippen LogP contribution is -2.10. The molecule has 3 rings (SSSR count). The van der Waals surface area contributed by atoms with Crippen molar-refractivity contribution in [2.45, 2.75) is 32.2 Å². The van der Waals surface area contributed by atoms with Gasteiger partial charge in [0.15, 0.2) is 0 Å². The van der Waals surface area contributed by atoms with Gasteiger partial charge in [0.25, 0.3) is 0 Å². The van der Waals surface area contributed by atoms with Gasteiger partial charge in [0.05, 0.1) is 13.2 Å². The van der Waals surface area contributed by atoms with Crippen molar-refractivity contribution in [1.29, 1.82) is 0 Å². The van der Waals surface area contributed by atoms with Crippen molar-refractivity contribution < 1.29 is 9.53 Å². The predicted molar refractivity (Wildman–Crippen MR) is 78.2 cm³/mol. The molecule has 0 unspecified atom stereocenters. The summed E-state index contributed by atoms with van der Waals surface area (Å²) < 4.78 is 6.99. The highest BCUT2D eigenvalue weighted by Crippen LogP contribution is 2.40. The van der Waals surface area contributed by atoms with Crippen molar-refractivity contribution in [2.24, 2.45) is 5.11 Å². The average Bonchev–Trinajstić information content (AvgIpc) is 3.26. The molecule has 2 heterocycles. The number of fused-ring (bicyclic) bond motifs is 1. The van der Waals surface area contributed by atoms with Gasteiger partial charge in [0.2, 0.25) is 0 Å². The zero-order valence-corrected chi connectivity index (χ0v) is 11.8. The zero-order valence-electron chi connectivity index (χ0n) is 11.8. The predicted octanol–water partition coefficient (Wildman–Crippen LogP) is 3.80. The van der Waals surface area contributed by atoms with Crippen molar-refractivity contribution in [2.75, 3.05) is 6.61 Å². The number of carbonyl (C=O) groups excluding carboxylic acids is 1. The Morgan fingerprint density at radius 3 is 3.00 bits per heavy atom. The highest BCUT2D eigenvalue weighted by molar-refractivity contribution is 5.91. The molecule has 2 aromatic rings. The second kappa shape index (κ2) is 5.50. The van der Waals surface area contributed by atoms with Crippen molar-refractivity contribution in [3.8, 4) is 0 Å². The van der Waals surface area contributed by atoms with Crippen LogP contribution in [0, 0.1) is 0 Å². The van der Waals surface area contributed by atoms with Crippen LogP contribution in [-0.2, 0) is 11.3 Å². The van der Waals surface area contributed by atoms with E-state index in [2.05, 4.69) is 16.1 Å². The number of hydrogen-bond donors (Lipinski definition) is 0. The molecule has 108 valence electrons. The maximum absolute atomic E-state index is 12.2. The third-order valence-corrected chi connectivity index (χ3v) is 3.69. The summed E-state index contributed by atoms with van der Waals surface area (Å²) in [5, 5.41) is 3.57. The second-order valence-electron chi connectivity index (χ2n) is 5.16. The molecule has 0 aromatic carbocycles. The van der Waals surface area contributed by atoms with Gasteiger partial charge in [0, 0.05) is 16.6 Å². The summed E-state index contributed by atoms with van der Waals surface area (Å²) >= 11 is 0. The third-order valence-electron chi connectivity index (χ3n) is 3.69. The summed E-state index contributed by atoms with van der Waals surface area (Å²) in [7, 11) is 0. The number of hydrogen-bond acceptors (Lipinski definition) is 3. The fourth-order valence-electron chi connectivity index (χ4n) is 2.56. The Labute approximate surface area is 122 Å². The number of nitrogens with zero attached hydrogens (tertiary/aromatic N) is 4. The Kier molecular flexibility index (Phi) is 3.54. The number of pyridine rings is 1. The van der Waals surface area contributed by atoms with E-state index in [0.717, 1.165) is 5.52 Å². The van der Waals surface area contributed by atoms with Crippen LogP contribution in [0.3, 0.4) is 0 Å². The number of esters is 1. The van der Waals surface area contributed by atoms with Gasteiger partial charge in [0.1, 0.15) is 5.69 Å². The third kappa shape index (κ3) is 2.58. The van der Waals surface area contributed by atoms with Gasteiger partial charge in [-0.2, -0.15) is 0 Å². The van der Waals surface area contributed by atoms with Crippen LogP contribution in [0.25, 0.3) is 16.0 Å². The van der Waals surface area contributed by atoms with Crippen LogP contribution in [0.4, 0.5) is 0 Å². The fourth-order valence-corrected chi connectivity index (χ4v) is 2.56. The molecule has 2 aromatic heterocycles. The molecule has 1 aliphatic rings. The van der Waals surface area contributed by atoms with E-state index < -0.39 is 0 Å². The summed E-state index contributed by atoms with van der Waals surface area (Å²) in [6.07, 6.45) is 4.40. The molecule has 0 amide bonds. The van der Waals surface area contributed by atoms with Gasteiger partial charge in [-0.3, -0.25) is 0 Å². The maximum Gasteiger partial charge on any atom is 0.355 e. The fraction of sp³-hybridized carbons (Fsp3) is 0.400. The number of carbonyl (C=O) groups is 1. The average molecular weight is 284 g/mol. The lowest BCUT2D eigenvalue weighted by atomic mass is 10.2. The first kappa shape index (κ1) is 13.5. The normalized spacial score (nSPS) is 14.0. The first-order chi connectivity index (χ1) is 10.2. The molecule has 6 nitrogen and oxygen atoms in total. The van der Waals surface area contributed by atoms with Crippen LogP contribution < -0.4 is 0 Å². The van der Waals surface area contributed by atoms with Gasteiger partial charge in [-0.15, -0.1) is 0 Å². The lowest BCUT2D eigenvalue weighted by molar-refractivity contribution is 0.0517. The first-order valence-corrected chi connectivity index (χ1v) is 7.06. The minimum atomic E-state index is -0.381. The number of rotatable bonds is 5. The monoisotopic (exact) mass is 284 g/mol. The molecule has 0 bridgehead atoms. The van der Waals surface area contributed by atoms with E-state index in [1.807, 2.05) is 22.7 Å². The highest BCUT2D eigenvalue weighted by atomic mass is 16.5. The van der Waals surface area contributed by atoms with Crippen LogP contribution in [0.1, 0.15) is 47.3 Å². The topological polar surface area (TPSA) is 79.5 Å². The van der Waals surface area contributed by atoms with E-state index in [1.165, 1.54) is 18.4 Å². The number of ether oxygens (including phenoxy) is 1. The molecular formula is C15H16N4O2. The van der Waals surface area contributed by atoms with E-state index in [0.29, 0.717) is 23.8 Å². The number of azide groups is 1. The summed E-state index contributed by atoms with van der Waals surface area (Å²) in [5.74, 6) is 0.223. The Hall–Kier alpha value is -2.46. The Balaban J connectivity index is 2.12. The molecule has 0 radical (unpaired) electrons. The molecule has 0 N–H and O–H groups in total. The summed E-state index contributed by atoms with van der Waals surface area (Å²) in [4.78, 5) is 15.0. The SMILES string of the molecule is CCOC(=O)c1c(CN=[N+]=[N-])cc2ccc(C3CC3)cn12. The van der Waals surface area contributed by atoms with Crippen molar-refractivity contribution >= 4 is 11.5 Å². The maximum atomic E-state index is 12.2. The Morgan fingerprint density at radius 1 is 1.52 bits per heavy atom. The number of aromatic nitrogens is 1. The molecule has 1 aliphatic carbocycles. The minimum Gasteiger partial charge on any atom is -0.461 e. The summed E-state index contributed by atoms with van der Waals surface area (Å²) in [6, 6.07) is 5.97. The van der Waals surface area contributed by atoms with E-state index in [-0.39, 0.29) is 12.5 Å². The van der Waals surface area contributed by atoms with Crippen LogP contribution in [-0.4, -0.2) is 17.0 Å². The van der Waals surface area contributed by atoms with E-state index in [9.17, 15) is 4.79 Å². The van der Waals surface area contributed by atoms with Crippen molar-refractivity contribution in [3.63, 3.8) is 0 Å². The summed E-state index contributed by atoms with van der Waals surface area (Å²) in [6.45, 7) is 2.23.